The fourth-order valence-electron chi connectivity index (χ4n) is 3.66. The first-order valence-corrected chi connectivity index (χ1v) is 9.38. The standard InChI is InChI=1S/C17H24N4OS/c1-11-4-6-20(8-11)17-18-14-5-7-23-15(14)16(19-17)21-9-12(2)22-13(3)10-21/h5,7,11-13H,4,6,8-10H2,1-3H3/t11?,12-,13+. The van der Waals surface area contributed by atoms with E-state index < -0.39 is 0 Å². The van der Waals surface area contributed by atoms with Crippen LogP contribution >= 0.6 is 11.3 Å². The molecule has 6 heteroatoms. The molecular weight excluding hydrogens is 308 g/mol. The lowest BCUT2D eigenvalue weighted by molar-refractivity contribution is -0.00535. The summed E-state index contributed by atoms with van der Waals surface area (Å²) in [4.78, 5) is 14.5. The van der Waals surface area contributed by atoms with Crippen molar-refractivity contribution in [3.63, 3.8) is 0 Å². The number of hydrogen-bond donors (Lipinski definition) is 0. The van der Waals surface area contributed by atoms with Crippen molar-refractivity contribution in [2.45, 2.75) is 39.4 Å². The largest absolute Gasteiger partial charge is 0.372 e. The Balaban J connectivity index is 1.74. The number of nitrogens with zero attached hydrogens (tertiary/aromatic N) is 4. The third kappa shape index (κ3) is 2.90. The molecule has 5 nitrogen and oxygen atoms in total. The molecule has 0 aromatic carbocycles. The average molecular weight is 332 g/mol. The summed E-state index contributed by atoms with van der Waals surface area (Å²) in [5.74, 6) is 2.70. The molecule has 3 atom stereocenters. The number of fused-ring (bicyclic) bond motifs is 1. The predicted molar refractivity (Wildman–Crippen MR) is 95.6 cm³/mol. The van der Waals surface area contributed by atoms with Crippen molar-refractivity contribution in [2.24, 2.45) is 5.92 Å². The van der Waals surface area contributed by atoms with E-state index >= 15 is 0 Å². The molecule has 0 spiro atoms. The Morgan fingerprint density at radius 2 is 1.87 bits per heavy atom. The molecule has 0 N–H and O–H groups in total. The summed E-state index contributed by atoms with van der Waals surface area (Å²) in [5.41, 5.74) is 1.07. The Morgan fingerprint density at radius 1 is 1.09 bits per heavy atom. The maximum atomic E-state index is 5.88. The Hall–Kier alpha value is -1.40. The van der Waals surface area contributed by atoms with Crippen molar-refractivity contribution in [1.29, 1.82) is 0 Å². The van der Waals surface area contributed by atoms with Gasteiger partial charge in [-0.2, -0.15) is 4.98 Å². The Bertz CT molecular complexity index is 693. The highest BCUT2D eigenvalue weighted by molar-refractivity contribution is 7.17. The maximum absolute atomic E-state index is 5.88. The quantitative estimate of drug-likeness (QED) is 0.845. The number of aromatic nitrogens is 2. The fraction of sp³-hybridized carbons (Fsp3) is 0.647. The second kappa shape index (κ2) is 5.91. The maximum Gasteiger partial charge on any atom is 0.227 e. The molecule has 0 amide bonds. The number of morpholine rings is 1. The van der Waals surface area contributed by atoms with Crippen molar-refractivity contribution in [1.82, 2.24) is 9.97 Å². The summed E-state index contributed by atoms with van der Waals surface area (Å²) in [6.45, 7) is 10.5. The fourth-order valence-corrected chi connectivity index (χ4v) is 4.51. The van der Waals surface area contributed by atoms with Crippen molar-refractivity contribution >= 4 is 33.3 Å². The Kier molecular flexibility index (Phi) is 3.89. The van der Waals surface area contributed by atoms with Gasteiger partial charge in [0.1, 0.15) is 0 Å². The number of anilines is 2. The lowest BCUT2D eigenvalue weighted by Crippen LogP contribution is -2.46. The van der Waals surface area contributed by atoms with Crippen LogP contribution in [0.5, 0.6) is 0 Å². The SMILES string of the molecule is CC1CCN(c2nc(N3C[C@@H](C)O[C@@H](C)C3)c3sccc3n2)C1. The van der Waals surface area contributed by atoms with Crippen molar-refractivity contribution in [3.8, 4) is 0 Å². The van der Waals surface area contributed by atoms with Crippen molar-refractivity contribution in [2.75, 3.05) is 36.0 Å². The first-order chi connectivity index (χ1) is 11.1. The first kappa shape index (κ1) is 15.1. The van der Waals surface area contributed by atoms with Gasteiger partial charge in [-0.3, -0.25) is 0 Å². The number of rotatable bonds is 2. The minimum absolute atomic E-state index is 0.235. The smallest absolute Gasteiger partial charge is 0.227 e. The van der Waals surface area contributed by atoms with Crippen LogP contribution in [0.2, 0.25) is 0 Å². The summed E-state index contributed by atoms with van der Waals surface area (Å²) >= 11 is 1.74. The van der Waals surface area contributed by atoms with E-state index in [9.17, 15) is 0 Å². The van der Waals surface area contributed by atoms with E-state index in [4.69, 9.17) is 14.7 Å². The lowest BCUT2D eigenvalue weighted by Gasteiger charge is -2.36. The molecule has 1 unspecified atom stereocenters. The van der Waals surface area contributed by atoms with Gasteiger partial charge >= 0.3 is 0 Å². The van der Waals surface area contributed by atoms with E-state index in [1.165, 1.54) is 11.1 Å². The third-order valence-electron chi connectivity index (χ3n) is 4.70. The summed E-state index contributed by atoms with van der Waals surface area (Å²) in [6.07, 6.45) is 1.70. The third-order valence-corrected chi connectivity index (χ3v) is 5.60. The van der Waals surface area contributed by atoms with Gasteiger partial charge in [-0.25, -0.2) is 4.98 Å². The molecule has 0 bridgehead atoms. The van der Waals surface area contributed by atoms with Crippen LogP contribution in [-0.4, -0.2) is 48.4 Å². The molecule has 2 aromatic rings. The predicted octanol–water partition coefficient (Wildman–Crippen LogP) is 3.15. The second-order valence-corrected chi connectivity index (χ2v) is 7.90. The molecule has 2 fully saturated rings. The highest BCUT2D eigenvalue weighted by Crippen LogP contribution is 2.33. The van der Waals surface area contributed by atoms with Crippen LogP contribution in [0.1, 0.15) is 27.2 Å². The Labute approximate surface area is 141 Å². The van der Waals surface area contributed by atoms with Crippen LogP contribution in [0.15, 0.2) is 11.4 Å². The van der Waals surface area contributed by atoms with Gasteiger partial charge in [0.05, 0.1) is 22.4 Å². The Morgan fingerprint density at radius 3 is 2.57 bits per heavy atom. The van der Waals surface area contributed by atoms with Gasteiger partial charge < -0.3 is 14.5 Å². The first-order valence-electron chi connectivity index (χ1n) is 8.50. The van der Waals surface area contributed by atoms with E-state index in [0.717, 1.165) is 49.4 Å². The van der Waals surface area contributed by atoms with Gasteiger partial charge in [-0.05, 0) is 37.6 Å². The summed E-state index contributed by atoms with van der Waals surface area (Å²) in [5, 5.41) is 2.12. The normalized spacial score (nSPS) is 28.7. The number of thiophene rings is 1. The number of ether oxygens (including phenoxy) is 1. The zero-order valence-electron chi connectivity index (χ0n) is 14.0. The van der Waals surface area contributed by atoms with Crippen LogP contribution in [0.4, 0.5) is 11.8 Å². The van der Waals surface area contributed by atoms with E-state index in [-0.39, 0.29) is 12.2 Å². The molecule has 124 valence electrons. The highest BCUT2D eigenvalue weighted by Gasteiger charge is 2.27. The van der Waals surface area contributed by atoms with Crippen molar-refractivity contribution < 1.29 is 4.74 Å². The molecule has 2 saturated heterocycles. The number of hydrogen-bond acceptors (Lipinski definition) is 6. The van der Waals surface area contributed by atoms with Gasteiger partial charge in [0.15, 0.2) is 5.82 Å². The minimum Gasteiger partial charge on any atom is -0.372 e. The minimum atomic E-state index is 0.235. The second-order valence-electron chi connectivity index (χ2n) is 6.98. The van der Waals surface area contributed by atoms with Gasteiger partial charge in [0, 0.05) is 26.2 Å². The monoisotopic (exact) mass is 332 g/mol. The molecule has 4 rings (SSSR count). The van der Waals surface area contributed by atoms with Gasteiger partial charge in [0.2, 0.25) is 5.95 Å². The van der Waals surface area contributed by atoms with Crippen LogP contribution < -0.4 is 9.80 Å². The van der Waals surface area contributed by atoms with Crippen LogP contribution in [0.25, 0.3) is 10.2 Å². The summed E-state index contributed by atoms with van der Waals surface area (Å²) < 4.78 is 7.08. The van der Waals surface area contributed by atoms with Crippen molar-refractivity contribution in [3.05, 3.63) is 11.4 Å². The molecule has 0 aliphatic carbocycles. The zero-order chi connectivity index (χ0) is 16.0. The van der Waals surface area contributed by atoms with E-state index in [1.54, 1.807) is 11.3 Å². The molecule has 2 aromatic heterocycles. The molecular formula is C17H24N4OS. The molecule has 4 heterocycles. The average Bonchev–Trinajstić information content (AvgIpc) is 3.13. The van der Waals surface area contributed by atoms with Gasteiger partial charge in [-0.1, -0.05) is 6.92 Å². The van der Waals surface area contributed by atoms with Gasteiger partial charge in [0.25, 0.3) is 0 Å². The van der Waals surface area contributed by atoms with Crippen LogP contribution in [0, 0.1) is 5.92 Å². The van der Waals surface area contributed by atoms with E-state index in [2.05, 4.69) is 42.0 Å². The van der Waals surface area contributed by atoms with Crippen LogP contribution in [0.3, 0.4) is 0 Å². The topological polar surface area (TPSA) is 41.5 Å². The molecule has 0 saturated carbocycles. The van der Waals surface area contributed by atoms with Crippen LogP contribution in [-0.2, 0) is 4.74 Å². The highest BCUT2D eigenvalue weighted by atomic mass is 32.1. The van der Waals surface area contributed by atoms with Gasteiger partial charge in [-0.15, -0.1) is 11.3 Å². The summed E-state index contributed by atoms with van der Waals surface area (Å²) in [7, 11) is 0. The van der Waals surface area contributed by atoms with E-state index in [1.807, 2.05) is 0 Å². The summed E-state index contributed by atoms with van der Waals surface area (Å²) in [6, 6.07) is 2.11. The molecule has 0 radical (unpaired) electrons. The molecule has 2 aliphatic rings. The molecule has 2 aliphatic heterocycles. The zero-order valence-corrected chi connectivity index (χ0v) is 14.8. The molecule has 23 heavy (non-hydrogen) atoms. The van der Waals surface area contributed by atoms with E-state index in [0.29, 0.717) is 0 Å². The lowest BCUT2D eigenvalue weighted by atomic mass is 10.2.